The quantitative estimate of drug-likeness (QED) is 0.104. The van der Waals surface area contributed by atoms with Gasteiger partial charge in [-0.2, -0.15) is 0 Å². The number of aryl methyl sites for hydroxylation is 1. The number of anilines is 3. The lowest BCUT2D eigenvalue weighted by molar-refractivity contribution is 0.629. The van der Waals surface area contributed by atoms with Gasteiger partial charge in [0.25, 0.3) is 16.7 Å². The Morgan fingerprint density at radius 2 is 0.832 bits per heavy atom. The fraction of sp³-hybridized carbons (Fsp3) is 0.0959. The van der Waals surface area contributed by atoms with Crippen LogP contribution in [0.2, 0.25) is 10.0 Å². The van der Waals surface area contributed by atoms with Gasteiger partial charge in [0.2, 0.25) is 0 Å². The molecule has 9 aromatic heterocycles. The third kappa shape index (κ3) is 12.6. The first-order valence-corrected chi connectivity index (χ1v) is 30.8. The molecule has 0 aliphatic carbocycles. The first-order chi connectivity index (χ1) is 46.2. The highest BCUT2D eigenvalue weighted by atomic mass is 35.5. The molecule has 0 saturated carbocycles. The van der Waals surface area contributed by atoms with Crippen molar-refractivity contribution in [2.24, 2.45) is 0 Å². The van der Waals surface area contributed by atoms with Crippen molar-refractivity contribution < 1.29 is 8.78 Å². The van der Waals surface area contributed by atoms with Crippen LogP contribution in [0.4, 0.5) is 26.2 Å². The zero-order valence-electron chi connectivity index (χ0n) is 51.2. The summed E-state index contributed by atoms with van der Waals surface area (Å²) in [5.74, 6) is 0.657. The fourth-order valence-corrected chi connectivity index (χ4v) is 12.0. The predicted molar refractivity (Wildman–Crippen MR) is 371 cm³/mol. The summed E-state index contributed by atoms with van der Waals surface area (Å²) in [6.07, 6.45) is 9.52. The highest BCUT2D eigenvalue weighted by Crippen LogP contribution is 2.33. The van der Waals surface area contributed by atoms with Crippen LogP contribution < -0.4 is 32.6 Å². The van der Waals surface area contributed by atoms with E-state index in [4.69, 9.17) is 23.2 Å². The number of hydrogen-bond donors (Lipinski definition) is 3. The van der Waals surface area contributed by atoms with Gasteiger partial charge in [-0.1, -0.05) is 96.0 Å². The van der Waals surface area contributed by atoms with Gasteiger partial charge in [0.1, 0.15) is 47.2 Å². The van der Waals surface area contributed by atoms with Crippen LogP contribution in [0.3, 0.4) is 0 Å². The molecule has 0 saturated heterocycles. The van der Waals surface area contributed by atoms with E-state index < -0.39 is 17.2 Å². The second-order valence-corrected chi connectivity index (χ2v) is 23.1. The lowest BCUT2D eigenvalue weighted by Crippen LogP contribution is -2.26. The monoisotopic (exact) mass is 1300 g/mol. The number of benzene rings is 6. The van der Waals surface area contributed by atoms with Crippen LogP contribution in [0.1, 0.15) is 61.5 Å². The Labute approximate surface area is 550 Å². The van der Waals surface area contributed by atoms with Crippen molar-refractivity contribution in [3.8, 4) is 17.1 Å². The number of hydrogen-bond acceptors (Lipinski definition) is 15. The number of pyridine rings is 6. The maximum atomic E-state index is 14.1. The van der Waals surface area contributed by atoms with Crippen LogP contribution in [0.15, 0.2) is 240 Å². The van der Waals surface area contributed by atoms with Crippen molar-refractivity contribution in [1.29, 1.82) is 0 Å². The van der Waals surface area contributed by atoms with Gasteiger partial charge < -0.3 is 16.0 Å². The normalized spacial score (nSPS) is 12.2. The summed E-state index contributed by atoms with van der Waals surface area (Å²) >= 11 is 12.6. The van der Waals surface area contributed by atoms with Crippen molar-refractivity contribution >= 4 is 106 Å². The molecule has 9 heterocycles. The summed E-state index contributed by atoms with van der Waals surface area (Å²) in [4.78, 5) is 79.7. The van der Waals surface area contributed by atoms with Gasteiger partial charge in [0.15, 0.2) is 17.5 Å². The van der Waals surface area contributed by atoms with E-state index in [0.717, 1.165) is 39.1 Å². The highest BCUT2D eigenvalue weighted by molar-refractivity contribution is 6.36. The number of rotatable bonds is 12. The summed E-state index contributed by atoms with van der Waals surface area (Å²) in [6.45, 7) is 7.86. The molecule has 0 radical (unpaired) electrons. The Morgan fingerprint density at radius 1 is 0.400 bits per heavy atom. The van der Waals surface area contributed by atoms with Gasteiger partial charge in [-0.15, -0.1) is 0 Å². The number of nitrogens with one attached hydrogen (secondary N) is 3. The maximum Gasteiger partial charge on any atom is 0.264 e. The van der Waals surface area contributed by atoms with Crippen molar-refractivity contribution in [3.05, 3.63) is 301 Å². The summed E-state index contributed by atoms with van der Waals surface area (Å²) in [5.41, 5.74) is 8.66. The van der Waals surface area contributed by atoms with Gasteiger partial charge in [-0.25, -0.2) is 38.7 Å². The van der Waals surface area contributed by atoms with E-state index >= 15 is 0 Å². The Hall–Kier alpha value is -11.7. The van der Waals surface area contributed by atoms with Crippen LogP contribution in [0.25, 0.3) is 82.5 Å². The smallest absolute Gasteiger partial charge is 0.264 e. The zero-order chi connectivity index (χ0) is 65.9. The molecule has 0 aliphatic rings. The molecular formula is C73H55Cl2F2N15O3. The molecule has 0 fully saturated rings. The molecule has 15 rings (SSSR count). The first kappa shape index (κ1) is 62.1. The lowest BCUT2D eigenvalue weighted by Gasteiger charge is -2.22. The van der Waals surface area contributed by atoms with E-state index in [1.54, 1.807) is 50.5 Å². The number of nitrogens with zero attached hydrogens (tertiary/aromatic N) is 12. The molecule has 3 N–H and O–H groups in total. The largest absolute Gasteiger partial charge is 0.360 e. The molecule has 95 heavy (non-hydrogen) atoms. The summed E-state index contributed by atoms with van der Waals surface area (Å²) in [7, 11) is 0. The Kier molecular flexibility index (Phi) is 17.5. The second kappa shape index (κ2) is 26.8. The predicted octanol–water partition coefficient (Wildman–Crippen LogP) is 15.4. The molecule has 3 atom stereocenters. The molecular weight excluding hydrogens is 1240 g/mol. The summed E-state index contributed by atoms with van der Waals surface area (Å²) in [5, 5.41) is 13.4. The second-order valence-electron chi connectivity index (χ2n) is 22.3. The van der Waals surface area contributed by atoms with E-state index in [-0.39, 0.29) is 39.7 Å². The van der Waals surface area contributed by atoms with Crippen molar-refractivity contribution in [1.82, 2.24) is 58.6 Å². The number of aromatic nitrogens is 12. The van der Waals surface area contributed by atoms with Gasteiger partial charge in [-0.05, 0) is 165 Å². The van der Waals surface area contributed by atoms with Crippen LogP contribution >= 0.6 is 23.2 Å². The molecule has 0 aliphatic heterocycles. The van der Waals surface area contributed by atoms with E-state index in [1.165, 1.54) is 37.2 Å². The Balaban J connectivity index is 0.000000129. The molecule has 6 aromatic carbocycles. The fourth-order valence-electron chi connectivity index (χ4n) is 11.5. The summed E-state index contributed by atoms with van der Waals surface area (Å²) < 4.78 is 32.9. The molecule has 468 valence electrons. The third-order valence-corrected chi connectivity index (χ3v) is 16.7. The van der Waals surface area contributed by atoms with Crippen LogP contribution in [0, 0.1) is 18.6 Å². The minimum Gasteiger partial charge on any atom is -0.360 e. The van der Waals surface area contributed by atoms with Crippen molar-refractivity contribution in [2.75, 3.05) is 16.0 Å². The van der Waals surface area contributed by atoms with Crippen LogP contribution in [-0.2, 0) is 0 Å². The Bertz CT molecular complexity index is 5600. The Morgan fingerprint density at radius 3 is 1.34 bits per heavy atom. The number of fused-ring (bicyclic) bond motifs is 6. The molecule has 22 heteroatoms. The van der Waals surface area contributed by atoms with Gasteiger partial charge >= 0.3 is 0 Å². The van der Waals surface area contributed by atoms with Crippen molar-refractivity contribution in [2.45, 2.75) is 45.8 Å². The first-order valence-electron chi connectivity index (χ1n) is 30.1. The summed E-state index contributed by atoms with van der Waals surface area (Å²) in [6, 6.07) is 54.8. The molecule has 0 bridgehead atoms. The average Bonchev–Trinajstić information content (AvgIpc) is 0.843. The van der Waals surface area contributed by atoms with Crippen LogP contribution in [-0.4, -0.2) is 58.6 Å². The molecule has 0 unspecified atom stereocenters. The topological polar surface area (TPSA) is 218 Å². The minimum absolute atomic E-state index is 0.139. The van der Waals surface area contributed by atoms with E-state index in [0.29, 0.717) is 83.2 Å². The van der Waals surface area contributed by atoms with E-state index in [2.05, 4.69) is 60.8 Å². The minimum atomic E-state index is -0.631. The maximum absolute atomic E-state index is 14.1. The van der Waals surface area contributed by atoms with Crippen molar-refractivity contribution in [3.63, 3.8) is 0 Å². The van der Waals surface area contributed by atoms with Gasteiger partial charge in [-0.3, -0.25) is 43.0 Å². The SMILES string of the molecule is C[C@H](Nc1ncnc2cccnc12)c1cc2ccc(F)c(Cl)c2c(=O)n1-c1ccccc1.C[C@H](Nc1ncnc2cccnc12)c1cc2ccc(F)cc2c(=O)n1-c1ccccc1.Cc1cccc(-n2c([C@H](C)Nc3ncnc4cccnc34)cc3cccc(Cl)c3c2=O)c1. The molecule has 18 nitrogen and oxygen atoms in total. The lowest BCUT2D eigenvalue weighted by atomic mass is 10.1. The highest BCUT2D eigenvalue weighted by Gasteiger charge is 2.24. The standard InChI is InChI=1S/C25H20ClN5O.C24H17ClFN5O.C24H18FN5O/c1-15-6-3-8-18(12-15)31-21(13-17-7-4-9-19(26)22(17)25(31)32)16(2)30-24-23-20(28-14-29-24)10-5-11-27-23;1-14(30-23-22-18(28-13-29-23)8-5-11-27-22)19-12-15-9-10-17(26)21(25)20(15)24(32)31(19)16-6-3-2-4-7-16;1-15(29-23-22-20(27-14-28-23)8-5-11-26-22)21-12-16-9-10-17(25)13-19(16)24(31)30(21)18-6-3-2-4-7-18/h3-14,16H,1-2H3,(H,28,29,30);2-14H,1H3,(H,28,29,30);2-15H,1H3,(H,27,28,29)/t16-;14-;15-/m000/s1. The number of halogens is 4. The van der Waals surface area contributed by atoms with Gasteiger partial charge in [0.05, 0.1) is 60.9 Å². The number of para-hydroxylation sites is 2. The molecule has 15 aromatic rings. The van der Waals surface area contributed by atoms with E-state index in [9.17, 15) is 23.2 Å². The zero-order valence-corrected chi connectivity index (χ0v) is 52.7. The molecule has 0 amide bonds. The third-order valence-electron chi connectivity index (χ3n) is 16.0. The average molecular weight is 1300 g/mol. The van der Waals surface area contributed by atoms with E-state index in [1.807, 2.05) is 179 Å². The molecule has 0 spiro atoms. The van der Waals surface area contributed by atoms with Gasteiger partial charge in [0, 0.05) is 52.7 Å². The van der Waals surface area contributed by atoms with Crippen LogP contribution in [0.5, 0.6) is 0 Å².